The van der Waals surface area contributed by atoms with Crippen LogP contribution in [0.25, 0.3) is 21.9 Å². The maximum absolute atomic E-state index is 13.1. The fraction of sp³-hybridized carbons (Fsp3) is 0.346. The quantitative estimate of drug-likeness (QED) is 0.362. The van der Waals surface area contributed by atoms with Gasteiger partial charge >= 0.3 is 5.91 Å². The van der Waals surface area contributed by atoms with Gasteiger partial charge < -0.3 is 14.6 Å². The lowest BCUT2D eigenvalue weighted by Crippen LogP contribution is -2.44. The molecule has 11 heteroatoms. The van der Waals surface area contributed by atoms with Crippen molar-refractivity contribution >= 4 is 49.5 Å². The molecular weight excluding hydrogens is 538 g/mol. The number of hydrogen-bond donors (Lipinski definition) is 1. The molecule has 5 rings (SSSR count). The maximum atomic E-state index is 13.1. The van der Waals surface area contributed by atoms with E-state index in [0.29, 0.717) is 29.6 Å². The number of fused-ring (bicyclic) bond motifs is 2. The summed E-state index contributed by atoms with van der Waals surface area (Å²) in [6.07, 6.45) is 1.48. The van der Waals surface area contributed by atoms with Crippen molar-refractivity contribution in [2.45, 2.75) is 27.1 Å². The lowest BCUT2D eigenvalue weighted by molar-refractivity contribution is 0.0993. The standard InChI is InChI=1S/C26H28BrN7O3/c1-4-33-14-20(23(35)18-7-5-16(2)28-24(18)33)25(36)30-29-22-19-13-17(27)6-8-21(19)34(26(22)37)15-32-11-9-31(3)10-12-32/h5-8,13-14,37H,4,9-12,15H2,1-3H3. The van der Waals surface area contributed by atoms with E-state index in [4.69, 9.17) is 0 Å². The minimum absolute atomic E-state index is 0.0762. The first-order valence-corrected chi connectivity index (χ1v) is 12.9. The number of hydrogen-bond acceptors (Lipinski definition) is 7. The number of carbonyl (C=O) groups is 1. The minimum Gasteiger partial charge on any atom is -0.493 e. The van der Waals surface area contributed by atoms with Crippen LogP contribution in [0.2, 0.25) is 0 Å². The zero-order chi connectivity index (χ0) is 26.3. The van der Waals surface area contributed by atoms with Gasteiger partial charge in [0.1, 0.15) is 11.2 Å². The molecule has 37 heavy (non-hydrogen) atoms. The molecule has 0 saturated carbocycles. The third-order valence-electron chi connectivity index (χ3n) is 6.78. The Kier molecular flexibility index (Phi) is 6.93. The number of halogens is 1. The van der Waals surface area contributed by atoms with Crippen LogP contribution in [0.5, 0.6) is 5.88 Å². The first kappa shape index (κ1) is 25.2. The molecule has 1 aliphatic heterocycles. The highest BCUT2D eigenvalue weighted by molar-refractivity contribution is 9.10. The van der Waals surface area contributed by atoms with Crippen molar-refractivity contribution < 1.29 is 9.90 Å². The number of aryl methyl sites for hydroxylation is 2. The van der Waals surface area contributed by atoms with Crippen LogP contribution in [0, 0.1) is 6.92 Å². The predicted octanol–water partition coefficient (Wildman–Crippen LogP) is 4.28. The molecule has 4 heterocycles. The number of nitrogens with zero attached hydrogens (tertiary/aromatic N) is 7. The first-order valence-electron chi connectivity index (χ1n) is 12.1. The molecule has 3 aromatic heterocycles. The number of rotatable bonds is 5. The Morgan fingerprint density at radius 2 is 1.89 bits per heavy atom. The molecule has 10 nitrogen and oxygen atoms in total. The Bertz CT molecular complexity index is 1600. The first-order chi connectivity index (χ1) is 17.8. The van der Waals surface area contributed by atoms with E-state index in [1.807, 2.05) is 32.0 Å². The molecular formula is C26H28BrN7O3. The van der Waals surface area contributed by atoms with Crippen LogP contribution in [-0.2, 0) is 13.2 Å². The van der Waals surface area contributed by atoms with E-state index in [1.165, 1.54) is 6.20 Å². The van der Waals surface area contributed by atoms with E-state index in [-0.39, 0.29) is 17.1 Å². The summed E-state index contributed by atoms with van der Waals surface area (Å²) >= 11 is 3.48. The molecule has 192 valence electrons. The number of aromatic hydroxyl groups is 1. The number of piperazine rings is 1. The maximum Gasteiger partial charge on any atom is 0.300 e. The molecule has 0 radical (unpaired) electrons. The van der Waals surface area contributed by atoms with Crippen molar-refractivity contribution in [3.05, 3.63) is 62.5 Å². The highest BCUT2D eigenvalue weighted by Gasteiger charge is 2.22. The van der Waals surface area contributed by atoms with Crippen molar-refractivity contribution in [1.82, 2.24) is 23.9 Å². The number of carbonyl (C=O) groups excluding carboxylic acids is 1. The zero-order valence-corrected chi connectivity index (χ0v) is 22.6. The Morgan fingerprint density at radius 3 is 2.62 bits per heavy atom. The highest BCUT2D eigenvalue weighted by Crippen LogP contribution is 2.40. The van der Waals surface area contributed by atoms with Gasteiger partial charge in [0.25, 0.3) is 0 Å². The molecule has 4 aromatic rings. The summed E-state index contributed by atoms with van der Waals surface area (Å²) in [4.78, 5) is 35.2. The predicted molar refractivity (Wildman–Crippen MR) is 146 cm³/mol. The Morgan fingerprint density at radius 1 is 1.14 bits per heavy atom. The number of benzene rings is 1. The third-order valence-corrected chi connectivity index (χ3v) is 7.28. The van der Waals surface area contributed by atoms with Crippen molar-refractivity contribution in [3.63, 3.8) is 0 Å². The van der Waals surface area contributed by atoms with Gasteiger partial charge in [-0.15, -0.1) is 10.2 Å². The highest BCUT2D eigenvalue weighted by atomic mass is 79.9. The van der Waals surface area contributed by atoms with Crippen LogP contribution in [0.3, 0.4) is 0 Å². The van der Waals surface area contributed by atoms with E-state index in [0.717, 1.165) is 41.9 Å². The molecule has 0 spiro atoms. The van der Waals surface area contributed by atoms with Gasteiger partial charge in [-0.25, -0.2) is 4.98 Å². The second-order valence-corrected chi connectivity index (χ2v) is 10.2. The normalized spacial score (nSPS) is 15.4. The lowest BCUT2D eigenvalue weighted by Gasteiger charge is -2.32. The van der Waals surface area contributed by atoms with E-state index in [2.05, 4.69) is 48.0 Å². The summed E-state index contributed by atoms with van der Waals surface area (Å²) in [5.41, 5.74) is 1.73. The van der Waals surface area contributed by atoms with Gasteiger partial charge in [0.05, 0.1) is 17.6 Å². The van der Waals surface area contributed by atoms with Gasteiger partial charge in [-0.2, -0.15) is 0 Å². The molecule has 1 aromatic carbocycles. The van der Waals surface area contributed by atoms with Gasteiger partial charge in [0.2, 0.25) is 11.3 Å². The van der Waals surface area contributed by atoms with Gasteiger partial charge in [0.15, 0.2) is 5.69 Å². The van der Waals surface area contributed by atoms with E-state index >= 15 is 0 Å². The molecule has 0 atom stereocenters. The van der Waals surface area contributed by atoms with E-state index in [9.17, 15) is 14.7 Å². The van der Waals surface area contributed by atoms with Crippen LogP contribution >= 0.6 is 15.9 Å². The summed E-state index contributed by atoms with van der Waals surface area (Å²) in [7, 11) is 2.09. The molecule has 0 bridgehead atoms. The van der Waals surface area contributed by atoms with Crippen molar-refractivity contribution in [2.75, 3.05) is 33.2 Å². The molecule has 1 amide bonds. The summed E-state index contributed by atoms with van der Waals surface area (Å²) in [5, 5.41) is 20.2. The molecule has 1 fully saturated rings. The van der Waals surface area contributed by atoms with Crippen LogP contribution < -0.4 is 5.43 Å². The molecule has 0 aliphatic carbocycles. The average Bonchev–Trinajstić information content (AvgIpc) is 3.13. The molecule has 0 unspecified atom stereocenters. The minimum atomic E-state index is -0.774. The van der Waals surface area contributed by atoms with Gasteiger partial charge in [-0.05, 0) is 51.2 Å². The second kappa shape index (κ2) is 10.2. The van der Waals surface area contributed by atoms with Crippen LogP contribution in [-0.4, -0.2) is 68.2 Å². The van der Waals surface area contributed by atoms with E-state index in [1.54, 1.807) is 21.3 Å². The van der Waals surface area contributed by atoms with Crippen molar-refractivity contribution in [1.29, 1.82) is 0 Å². The Hall–Kier alpha value is -3.41. The van der Waals surface area contributed by atoms with Gasteiger partial charge in [-0.3, -0.25) is 19.1 Å². The van der Waals surface area contributed by atoms with Crippen molar-refractivity contribution in [3.8, 4) is 5.88 Å². The fourth-order valence-corrected chi connectivity index (χ4v) is 4.99. The number of azo groups is 1. The topological polar surface area (TPSA) is 108 Å². The molecule has 1 saturated heterocycles. The van der Waals surface area contributed by atoms with Gasteiger partial charge in [-0.1, -0.05) is 15.9 Å². The number of likely N-dealkylation sites (N-methyl/N-ethyl adjacent to an activating group) is 1. The third kappa shape index (κ3) is 4.81. The summed E-state index contributed by atoms with van der Waals surface area (Å²) in [6, 6.07) is 9.04. The molecule has 1 aliphatic rings. The van der Waals surface area contributed by atoms with Gasteiger partial charge in [0, 0.05) is 54.5 Å². The molecule has 1 N–H and O–H groups in total. The van der Waals surface area contributed by atoms with Crippen LogP contribution in [0.1, 0.15) is 23.0 Å². The Balaban J connectivity index is 1.53. The van der Waals surface area contributed by atoms with E-state index < -0.39 is 11.3 Å². The summed E-state index contributed by atoms with van der Waals surface area (Å²) < 4.78 is 4.34. The van der Waals surface area contributed by atoms with Crippen molar-refractivity contribution in [2.24, 2.45) is 10.2 Å². The number of aromatic nitrogens is 3. The summed E-state index contributed by atoms with van der Waals surface area (Å²) in [6.45, 7) is 8.42. The van der Waals surface area contributed by atoms with Crippen LogP contribution in [0.15, 0.2) is 56.0 Å². The zero-order valence-electron chi connectivity index (χ0n) is 21.0. The number of pyridine rings is 2. The second-order valence-electron chi connectivity index (χ2n) is 9.31. The smallest absolute Gasteiger partial charge is 0.300 e. The average molecular weight is 566 g/mol. The Labute approximate surface area is 222 Å². The monoisotopic (exact) mass is 565 g/mol. The fourth-order valence-electron chi connectivity index (χ4n) is 4.63. The largest absolute Gasteiger partial charge is 0.493 e. The lowest BCUT2D eigenvalue weighted by atomic mass is 10.1. The SMILES string of the molecule is CCn1cc(C(=O)N=Nc2c(O)n(CN3CCN(C)CC3)c3ccc(Br)cc23)c(=O)c2ccc(C)nc21. The number of amides is 1. The van der Waals surface area contributed by atoms with Crippen LogP contribution in [0.4, 0.5) is 5.69 Å². The summed E-state index contributed by atoms with van der Waals surface area (Å²) in [5.74, 6) is -0.850.